The van der Waals surface area contributed by atoms with Crippen molar-refractivity contribution in [3.63, 3.8) is 0 Å². The topological polar surface area (TPSA) is 42.7 Å². The van der Waals surface area contributed by atoms with Crippen molar-refractivity contribution in [1.29, 1.82) is 0 Å². The molecule has 4 nitrogen and oxygen atoms in total. The number of hydrogen-bond acceptors (Lipinski definition) is 3. The smallest absolute Gasteiger partial charge is 0.0774 e. The number of benzene rings is 1. The molecule has 0 aliphatic rings. The molecule has 0 fully saturated rings. The second-order valence-corrected chi connectivity index (χ2v) is 4.70. The predicted octanol–water partition coefficient (Wildman–Crippen LogP) is 3.39. The van der Waals surface area contributed by atoms with Gasteiger partial charge in [0.1, 0.15) is 0 Å². The molecule has 0 aliphatic carbocycles. The average molecular weight is 292 g/mol. The maximum atomic E-state index is 6.05. The summed E-state index contributed by atoms with van der Waals surface area (Å²) in [6.07, 6.45) is 1.67. The minimum atomic E-state index is 0.484. The highest BCUT2D eigenvalue weighted by Gasteiger charge is 2.08. The number of anilines is 1. The lowest BCUT2D eigenvalue weighted by Crippen LogP contribution is -2.06. The summed E-state index contributed by atoms with van der Waals surface area (Å²) in [6, 6.07) is 3.28. The molecule has 0 spiro atoms. The molecule has 90 valence electrons. The van der Waals surface area contributed by atoms with Gasteiger partial charge in [-0.3, -0.25) is 4.68 Å². The van der Waals surface area contributed by atoms with Crippen molar-refractivity contribution in [1.82, 2.24) is 15.0 Å². The molecule has 7 heteroatoms. The van der Waals surface area contributed by atoms with E-state index in [2.05, 4.69) is 15.6 Å². The first-order valence-corrected chi connectivity index (χ1v) is 5.93. The molecular formula is C10H9Cl3N4. The minimum absolute atomic E-state index is 0.484. The monoisotopic (exact) mass is 290 g/mol. The molecule has 0 unspecified atom stereocenters. The molecule has 0 saturated heterocycles. The van der Waals surface area contributed by atoms with Crippen LogP contribution in [-0.4, -0.2) is 15.0 Å². The van der Waals surface area contributed by atoms with Crippen LogP contribution >= 0.6 is 34.8 Å². The number of hydrogen-bond donors (Lipinski definition) is 1. The molecule has 0 radical (unpaired) electrons. The van der Waals surface area contributed by atoms with Crippen LogP contribution in [0, 0.1) is 0 Å². The first kappa shape index (κ1) is 12.5. The highest BCUT2D eigenvalue weighted by Crippen LogP contribution is 2.33. The van der Waals surface area contributed by atoms with Gasteiger partial charge in [-0.2, -0.15) is 0 Å². The third kappa shape index (κ3) is 2.83. The van der Waals surface area contributed by atoms with Crippen molar-refractivity contribution in [2.45, 2.75) is 6.54 Å². The number of aromatic nitrogens is 3. The Kier molecular flexibility index (Phi) is 3.76. The van der Waals surface area contributed by atoms with E-state index in [-0.39, 0.29) is 0 Å². The molecule has 0 atom stereocenters. The van der Waals surface area contributed by atoms with Gasteiger partial charge in [0.05, 0.1) is 34.2 Å². The minimum Gasteiger partial charge on any atom is -0.377 e. The molecule has 1 aromatic carbocycles. The van der Waals surface area contributed by atoms with Crippen LogP contribution in [-0.2, 0) is 13.6 Å². The lowest BCUT2D eigenvalue weighted by Gasteiger charge is -2.10. The fraction of sp³-hybridized carbons (Fsp3) is 0.200. The summed E-state index contributed by atoms with van der Waals surface area (Å²) in [7, 11) is 1.81. The Hall–Kier alpha value is -0.970. The molecule has 2 rings (SSSR count). The van der Waals surface area contributed by atoms with Crippen molar-refractivity contribution in [2.24, 2.45) is 7.05 Å². The predicted molar refractivity (Wildman–Crippen MR) is 69.8 cm³/mol. The normalized spacial score (nSPS) is 10.6. The van der Waals surface area contributed by atoms with Crippen molar-refractivity contribution in [3.8, 4) is 0 Å². The van der Waals surface area contributed by atoms with Crippen LogP contribution in [0.2, 0.25) is 15.1 Å². The molecule has 1 N–H and O–H groups in total. The fourth-order valence-corrected chi connectivity index (χ4v) is 2.31. The van der Waals surface area contributed by atoms with E-state index in [1.165, 1.54) is 0 Å². The van der Waals surface area contributed by atoms with Crippen LogP contribution in [0.5, 0.6) is 0 Å². The summed E-state index contributed by atoms with van der Waals surface area (Å²) in [5.74, 6) is 0. The Morgan fingerprint density at radius 1 is 1.24 bits per heavy atom. The van der Waals surface area contributed by atoms with Crippen LogP contribution in [0.15, 0.2) is 18.3 Å². The van der Waals surface area contributed by atoms with Gasteiger partial charge in [-0.25, -0.2) is 0 Å². The molecule has 0 saturated carbocycles. The summed E-state index contributed by atoms with van der Waals surface area (Å²) < 4.78 is 1.67. The van der Waals surface area contributed by atoms with Gasteiger partial charge in [-0.05, 0) is 12.1 Å². The number of nitrogens with zero attached hydrogens (tertiary/aromatic N) is 3. The van der Waals surface area contributed by atoms with Crippen LogP contribution in [0.4, 0.5) is 5.69 Å². The second-order valence-electron chi connectivity index (χ2n) is 3.45. The van der Waals surface area contributed by atoms with E-state index < -0.39 is 0 Å². The summed E-state index contributed by atoms with van der Waals surface area (Å²) in [4.78, 5) is 0. The van der Waals surface area contributed by atoms with Crippen LogP contribution < -0.4 is 5.32 Å². The van der Waals surface area contributed by atoms with Gasteiger partial charge < -0.3 is 5.32 Å². The van der Waals surface area contributed by atoms with Gasteiger partial charge in [-0.15, -0.1) is 5.10 Å². The van der Waals surface area contributed by atoms with E-state index in [9.17, 15) is 0 Å². The molecule has 0 bridgehead atoms. The quantitative estimate of drug-likeness (QED) is 0.942. The van der Waals surface area contributed by atoms with E-state index in [1.807, 2.05) is 7.05 Å². The van der Waals surface area contributed by atoms with Crippen molar-refractivity contribution in [3.05, 3.63) is 39.1 Å². The van der Waals surface area contributed by atoms with E-state index >= 15 is 0 Å². The maximum absolute atomic E-state index is 6.05. The first-order valence-electron chi connectivity index (χ1n) is 4.80. The van der Waals surface area contributed by atoms with E-state index in [0.29, 0.717) is 27.3 Å². The van der Waals surface area contributed by atoms with E-state index in [1.54, 1.807) is 23.0 Å². The van der Waals surface area contributed by atoms with E-state index in [0.717, 1.165) is 5.69 Å². The van der Waals surface area contributed by atoms with Gasteiger partial charge in [0.2, 0.25) is 0 Å². The standard InChI is InChI=1S/C10H9Cl3N4/c1-17-7(5-15-16-17)4-14-10-8(12)2-6(11)3-9(10)13/h2-3,5,14H,4H2,1H3. The third-order valence-corrected chi connectivity index (χ3v) is 3.08. The molecule has 0 aliphatic heterocycles. The van der Waals surface area contributed by atoms with Gasteiger partial charge in [0, 0.05) is 12.1 Å². The number of aryl methyl sites for hydroxylation is 1. The Morgan fingerprint density at radius 2 is 1.88 bits per heavy atom. The lowest BCUT2D eigenvalue weighted by molar-refractivity contribution is 0.683. The van der Waals surface area contributed by atoms with Crippen LogP contribution in [0.25, 0.3) is 0 Å². The largest absolute Gasteiger partial charge is 0.377 e. The van der Waals surface area contributed by atoms with Gasteiger partial charge in [-0.1, -0.05) is 40.0 Å². The number of nitrogens with one attached hydrogen (secondary N) is 1. The maximum Gasteiger partial charge on any atom is 0.0774 e. The summed E-state index contributed by atoms with van der Waals surface area (Å²) in [6.45, 7) is 0.532. The van der Waals surface area contributed by atoms with Gasteiger partial charge in [0.15, 0.2) is 0 Å². The molecule has 17 heavy (non-hydrogen) atoms. The highest BCUT2D eigenvalue weighted by molar-refractivity contribution is 6.41. The van der Waals surface area contributed by atoms with Crippen molar-refractivity contribution in [2.75, 3.05) is 5.32 Å². The zero-order valence-corrected chi connectivity index (χ0v) is 11.2. The van der Waals surface area contributed by atoms with E-state index in [4.69, 9.17) is 34.8 Å². The first-order chi connectivity index (χ1) is 8.08. The van der Waals surface area contributed by atoms with Gasteiger partial charge in [0.25, 0.3) is 0 Å². The zero-order valence-electron chi connectivity index (χ0n) is 8.91. The molecule has 1 heterocycles. The summed E-state index contributed by atoms with van der Waals surface area (Å²) in [5.41, 5.74) is 1.58. The Labute approximate surface area is 113 Å². The second kappa shape index (κ2) is 5.12. The number of halogens is 3. The fourth-order valence-electron chi connectivity index (χ4n) is 1.36. The van der Waals surface area contributed by atoms with Crippen molar-refractivity contribution < 1.29 is 0 Å². The molecular weight excluding hydrogens is 282 g/mol. The van der Waals surface area contributed by atoms with Crippen LogP contribution in [0.1, 0.15) is 5.69 Å². The highest BCUT2D eigenvalue weighted by atomic mass is 35.5. The molecule has 0 amide bonds. The van der Waals surface area contributed by atoms with Gasteiger partial charge >= 0.3 is 0 Å². The lowest BCUT2D eigenvalue weighted by atomic mass is 10.3. The summed E-state index contributed by atoms with van der Waals surface area (Å²) >= 11 is 17.9. The third-order valence-electron chi connectivity index (χ3n) is 2.26. The van der Waals surface area contributed by atoms with Crippen LogP contribution in [0.3, 0.4) is 0 Å². The Balaban J connectivity index is 2.17. The number of rotatable bonds is 3. The Morgan fingerprint density at radius 3 is 2.41 bits per heavy atom. The SMILES string of the molecule is Cn1nncc1CNc1c(Cl)cc(Cl)cc1Cl. The Bertz CT molecular complexity index is 515. The average Bonchev–Trinajstić information content (AvgIpc) is 2.62. The molecule has 2 aromatic rings. The summed E-state index contributed by atoms with van der Waals surface area (Å²) in [5, 5.41) is 12.2. The molecule has 1 aromatic heterocycles. The zero-order chi connectivity index (χ0) is 12.4. The van der Waals surface area contributed by atoms with Crippen molar-refractivity contribution >= 4 is 40.5 Å².